The summed E-state index contributed by atoms with van der Waals surface area (Å²) in [6.45, 7) is 4.28. The van der Waals surface area contributed by atoms with Gasteiger partial charge in [-0.1, -0.05) is 23.8 Å². The molecule has 1 fully saturated rings. The zero-order valence-electron chi connectivity index (χ0n) is 13.1. The maximum absolute atomic E-state index is 12.1. The standard InChI is InChI=1S/C17H20N2O4/c1-13(2-5-17(20)18-6-8-19(21)9-7-18)10-14-3-4-15-16(11-14)23-12-22-15/h2-5,10-11,21H,6-9,12H2,1H3/b5-2+,13-10+. The highest BCUT2D eigenvalue weighted by molar-refractivity contribution is 5.88. The Bertz CT molecular complexity index is 646. The fourth-order valence-electron chi connectivity index (χ4n) is 2.54. The SMILES string of the molecule is CC(/C=C/C(=O)N1CCN(O)CC1)=C\c1ccc2c(c1)OCO2. The van der Waals surface area contributed by atoms with Crippen molar-refractivity contribution in [1.82, 2.24) is 9.96 Å². The Morgan fingerprint density at radius 3 is 2.65 bits per heavy atom. The minimum atomic E-state index is -0.0310. The monoisotopic (exact) mass is 316 g/mol. The van der Waals surface area contributed by atoms with Gasteiger partial charge in [0.15, 0.2) is 11.5 Å². The maximum atomic E-state index is 12.1. The molecule has 0 atom stereocenters. The third kappa shape index (κ3) is 3.91. The number of carbonyl (C=O) groups excluding carboxylic acids is 1. The molecule has 0 aromatic heterocycles. The van der Waals surface area contributed by atoms with E-state index in [2.05, 4.69) is 0 Å². The summed E-state index contributed by atoms with van der Waals surface area (Å²) in [6.07, 6.45) is 5.36. The number of allylic oxidation sites excluding steroid dienone is 2. The van der Waals surface area contributed by atoms with E-state index in [1.807, 2.05) is 31.2 Å². The number of amides is 1. The first-order chi connectivity index (χ1) is 11.1. The van der Waals surface area contributed by atoms with Crippen molar-refractivity contribution in [3.63, 3.8) is 0 Å². The zero-order valence-corrected chi connectivity index (χ0v) is 13.1. The molecule has 1 amide bonds. The van der Waals surface area contributed by atoms with Crippen LogP contribution in [0.3, 0.4) is 0 Å². The first-order valence-corrected chi connectivity index (χ1v) is 7.60. The first-order valence-electron chi connectivity index (χ1n) is 7.60. The summed E-state index contributed by atoms with van der Waals surface area (Å²) < 4.78 is 10.6. The van der Waals surface area contributed by atoms with Crippen molar-refractivity contribution in [2.75, 3.05) is 33.0 Å². The molecule has 1 saturated heterocycles. The molecular formula is C17H20N2O4. The molecule has 0 radical (unpaired) electrons. The quantitative estimate of drug-likeness (QED) is 0.682. The first kappa shape index (κ1) is 15.6. The van der Waals surface area contributed by atoms with E-state index in [0.717, 1.165) is 22.6 Å². The maximum Gasteiger partial charge on any atom is 0.246 e. The Morgan fingerprint density at radius 2 is 1.87 bits per heavy atom. The van der Waals surface area contributed by atoms with Gasteiger partial charge in [-0.15, -0.1) is 0 Å². The largest absolute Gasteiger partial charge is 0.454 e. The van der Waals surface area contributed by atoms with Crippen LogP contribution in [-0.2, 0) is 4.79 Å². The number of fused-ring (bicyclic) bond motifs is 1. The van der Waals surface area contributed by atoms with Gasteiger partial charge in [0.1, 0.15) is 0 Å². The molecule has 122 valence electrons. The summed E-state index contributed by atoms with van der Waals surface area (Å²) in [5.74, 6) is 1.47. The summed E-state index contributed by atoms with van der Waals surface area (Å²) in [5, 5.41) is 10.5. The molecule has 1 aromatic rings. The lowest BCUT2D eigenvalue weighted by atomic mass is 10.1. The second-order valence-electron chi connectivity index (χ2n) is 5.61. The number of hydrogen-bond donors (Lipinski definition) is 1. The summed E-state index contributed by atoms with van der Waals surface area (Å²) in [5.41, 5.74) is 1.97. The van der Waals surface area contributed by atoms with Gasteiger partial charge in [0, 0.05) is 32.3 Å². The summed E-state index contributed by atoms with van der Waals surface area (Å²) >= 11 is 0. The van der Waals surface area contributed by atoms with Crippen LogP contribution in [0.4, 0.5) is 0 Å². The lowest BCUT2D eigenvalue weighted by Crippen LogP contribution is -2.46. The molecule has 0 unspecified atom stereocenters. The van der Waals surface area contributed by atoms with Crippen LogP contribution >= 0.6 is 0 Å². The molecule has 1 aromatic carbocycles. The van der Waals surface area contributed by atoms with Gasteiger partial charge < -0.3 is 19.6 Å². The number of rotatable bonds is 3. The van der Waals surface area contributed by atoms with Gasteiger partial charge in [-0.05, 0) is 24.6 Å². The van der Waals surface area contributed by atoms with E-state index in [-0.39, 0.29) is 12.7 Å². The van der Waals surface area contributed by atoms with Crippen LogP contribution < -0.4 is 9.47 Å². The van der Waals surface area contributed by atoms with Crippen LogP contribution in [0.5, 0.6) is 11.5 Å². The number of piperazine rings is 1. The minimum absolute atomic E-state index is 0.0310. The molecule has 6 nitrogen and oxygen atoms in total. The molecule has 0 bridgehead atoms. The van der Waals surface area contributed by atoms with Crippen molar-refractivity contribution in [2.24, 2.45) is 0 Å². The molecule has 0 aliphatic carbocycles. The average molecular weight is 316 g/mol. The van der Waals surface area contributed by atoms with E-state index in [0.29, 0.717) is 26.2 Å². The third-order valence-electron chi connectivity index (χ3n) is 3.85. The highest BCUT2D eigenvalue weighted by atomic mass is 16.7. The molecule has 1 N–H and O–H groups in total. The fourth-order valence-corrected chi connectivity index (χ4v) is 2.54. The lowest BCUT2D eigenvalue weighted by Gasteiger charge is -2.30. The second kappa shape index (κ2) is 6.85. The molecule has 2 aliphatic rings. The normalized spacial score (nSPS) is 18.7. The van der Waals surface area contributed by atoms with Gasteiger partial charge in [0.05, 0.1) is 0 Å². The van der Waals surface area contributed by atoms with Crippen molar-refractivity contribution in [2.45, 2.75) is 6.92 Å². The van der Waals surface area contributed by atoms with Crippen molar-refractivity contribution in [3.05, 3.63) is 41.5 Å². The van der Waals surface area contributed by atoms with Crippen molar-refractivity contribution in [3.8, 4) is 11.5 Å². The van der Waals surface area contributed by atoms with Crippen LogP contribution in [0, 0.1) is 0 Å². The Hall–Kier alpha value is -2.31. The van der Waals surface area contributed by atoms with Crippen molar-refractivity contribution in [1.29, 1.82) is 0 Å². The molecule has 6 heteroatoms. The zero-order chi connectivity index (χ0) is 16.2. The smallest absolute Gasteiger partial charge is 0.246 e. The Labute approximate surface area is 135 Å². The second-order valence-corrected chi connectivity index (χ2v) is 5.61. The third-order valence-corrected chi connectivity index (χ3v) is 3.85. The molecule has 3 rings (SSSR count). The van der Waals surface area contributed by atoms with Crippen LogP contribution in [0.25, 0.3) is 6.08 Å². The fraction of sp³-hybridized carbons (Fsp3) is 0.353. The molecule has 0 spiro atoms. The molecule has 2 heterocycles. The van der Waals surface area contributed by atoms with Gasteiger partial charge in [-0.2, -0.15) is 5.06 Å². The molecule has 0 saturated carbocycles. The van der Waals surface area contributed by atoms with E-state index in [1.165, 1.54) is 5.06 Å². The number of hydrogen-bond acceptors (Lipinski definition) is 5. The summed E-state index contributed by atoms with van der Waals surface area (Å²) in [4.78, 5) is 13.8. The summed E-state index contributed by atoms with van der Waals surface area (Å²) in [7, 11) is 0. The Kier molecular flexibility index (Phi) is 4.64. The van der Waals surface area contributed by atoms with Crippen LogP contribution in [0.15, 0.2) is 35.9 Å². The van der Waals surface area contributed by atoms with Crippen molar-refractivity contribution >= 4 is 12.0 Å². The van der Waals surface area contributed by atoms with Gasteiger partial charge in [0.2, 0.25) is 12.7 Å². The highest BCUT2D eigenvalue weighted by Gasteiger charge is 2.17. The minimum Gasteiger partial charge on any atom is -0.454 e. The number of benzene rings is 1. The Morgan fingerprint density at radius 1 is 1.13 bits per heavy atom. The van der Waals surface area contributed by atoms with E-state index >= 15 is 0 Å². The number of ether oxygens (including phenoxy) is 2. The predicted molar refractivity (Wildman–Crippen MR) is 85.3 cm³/mol. The van der Waals surface area contributed by atoms with E-state index in [1.54, 1.807) is 17.1 Å². The number of hydroxylamine groups is 2. The van der Waals surface area contributed by atoms with Gasteiger partial charge in [-0.25, -0.2) is 0 Å². The van der Waals surface area contributed by atoms with Crippen LogP contribution in [0.2, 0.25) is 0 Å². The molecular weight excluding hydrogens is 296 g/mol. The van der Waals surface area contributed by atoms with Gasteiger partial charge >= 0.3 is 0 Å². The number of carbonyl (C=O) groups is 1. The van der Waals surface area contributed by atoms with E-state index < -0.39 is 0 Å². The van der Waals surface area contributed by atoms with Gasteiger partial charge in [0.25, 0.3) is 0 Å². The highest BCUT2D eigenvalue weighted by Crippen LogP contribution is 2.33. The number of nitrogens with zero attached hydrogens (tertiary/aromatic N) is 2. The van der Waals surface area contributed by atoms with E-state index in [4.69, 9.17) is 9.47 Å². The molecule has 2 aliphatic heterocycles. The average Bonchev–Trinajstić information content (AvgIpc) is 3.01. The predicted octanol–water partition coefficient (Wildman–Crippen LogP) is 1.91. The Balaban J connectivity index is 1.61. The van der Waals surface area contributed by atoms with Crippen molar-refractivity contribution < 1.29 is 19.5 Å². The topological polar surface area (TPSA) is 62.2 Å². The summed E-state index contributed by atoms with van der Waals surface area (Å²) in [6, 6.07) is 5.75. The van der Waals surface area contributed by atoms with Crippen LogP contribution in [0.1, 0.15) is 12.5 Å². The van der Waals surface area contributed by atoms with Gasteiger partial charge in [-0.3, -0.25) is 4.79 Å². The lowest BCUT2D eigenvalue weighted by molar-refractivity contribution is -0.141. The van der Waals surface area contributed by atoms with E-state index in [9.17, 15) is 10.0 Å². The van der Waals surface area contributed by atoms with Crippen LogP contribution in [-0.4, -0.2) is 54.0 Å². The molecule has 23 heavy (non-hydrogen) atoms.